The average Bonchev–Trinajstić information content (AvgIpc) is 3.15. The van der Waals surface area contributed by atoms with E-state index in [0.29, 0.717) is 43.3 Å². The molecule has 2 aliphatic rings. The van der Waals surface area contributed by atoms with Crippen molar-refractivity contribution in [3.63, 3.8) is 0 Å². The van der Waals surface area contributed by atoms with E-state index >= 15 is 0 Å². The van der Waals surface area contributed by atoms with Crippen LogP contribution in [0.2, 0.25) is 5.02 Å². The molecule has 1 aromatic heterocycles. The molecule has 0 saturated carbocycles. The summed E-state index contributed by atoms with van der Waals surface area (Å²) < 4.78 is 28.7. The molecule has 38 heavy (non-hydrogen) atoms. The smallest absolute Gasteiger partial charge is 0.253 e. The number of aromatic nitrogens is 2. The highest BCUT2D eigenvalue weighted by Gasteiger charge is 2.24. The molecule has 3 heterocycles. The van der Waals surface area contributed by atoms with E-state index in [2.05, 4.69) is 9.88 Å². The van der Waals surface area contributed by atoms with Gasteiger partial charge in [-0.15, -0.1) is 0 Å². The molecule has 0 radical (unpaired) electrons. The Labute approximate surface area is 225 Å². The van der Waals surface area contributed by atoms with Gasteiger partial charge in [-0.2, -0.15) is 0 Å². The van der Waals surface area contributed by atoms with Crippen LogP contribution in [0.15, 0.2) is 42.6 Å². The lowest BCUT2D eigenvalue weighted by Gasteiger charge is -2.34. The summed E-state index contributed by atoms with van der Waals surface area (Å²) in [6.45, 7) is 4.09. The van der Waals surface area contributed by atoms with Crippen molar-refractivity contribution < 1.29 is 18.7 Å². The second-order valence-corrected chi connectivity index (χ2v) is 10.0. The number of benzene rings is 2. The highest BCUT2D eigenvalue weighted by molar-refractivity contribution is 6.31. The molecule has 1 saturated heterocycles. The van der Waals surface area contributed by atoms with E-state index in [1.807, 2.05) is 28.0 Å². The van der Waals surface area contributed by atoms with Crippen molar-refractivity contribution in [2.45, 2.75) is 25.8 Å². The van der Waals surface area contributed by atoms with Crippen LogP contribution >= 0.6 is 11.6 Å². The molecule has 1 N–H and O–H groups in total. The van der Waals surface area contributed by atoms with Gasteiger partial charge in [0.1, 0.15) is 11.6 Å². The number of anilines is 1. The minimum atomic E-state index is -0.658. The molecule has 1 fully saturated rings. The molecule has 10 heteroatoms. The first-order chi connectivity index (χ1) is 18.4. The molecular formula is C28H30ClF2N5O2. The maximum atomic E-state index is 14.6. The van der Waals surface area contributed by atoms with Gasteiger partial charge in [-0.05, 0) is 43.5 Å². The number of amides is 1. The summed E-state index contributed by atoms with van der Waals surface area (Å²) in [6, 6.07) is 9.45. The Kier molecular flexibility index (Phi) is 8.16. The number of fused-ring (bicyclic) bond motifs is 1. The molecule has 0 unspecified atom stereocenters. The monoisotopic (exact) mass is 541 g/mol. The second kappa shape index (κ2) is 11.7. The van der Waals surface area contributed by atoms with Crippen LogP contribution < -0.4 is 4.90 Å². The lowest BCUT2D eigenvalue weighted by molar-refractivity contribution is 0.0615. The molecule has 0 bridgehead atoms. The SMILES string of the molecule is O=C(c1cccc(-c2cnc3c(n2)N(Cc2c(F)ccc(F)c2Cl)CCCC3)c1)N1CCN(CCO)CC1. The molecule has 0 atom stereocenters. The fourth-order valence-corrected chi connectivity index (χ4v) is 5.26. The lowest BCUT2D eigenvalue weighted by Crippen LogP contribution is -2.49. The van der Waals surface area contributed by atoms with Crippen LogP contribution in [0.1, 0.15) is 34.5 Å². The standard InChI is InChI=1S/C28H30ClF2N5O2/c29-26-21(22(30)7-8-23(26)31)18-36-9-2-1-6-24-27(36)33-25(17-32-24)19-4-3-5-20(16-19)28(38)35-12-10-34(11-13-35)14-15-37/h3-5,7-8,16-17,37H,1-2,6,9-15,18H2. The topological polar surface area (TPSA) is 72.8 Å². The Balaban J connectivity index is 1.40. The molecule has 0 spiro atoms. The predicted molar refractivity (Wildman–Crippen MR) is 142 cm³/mol. The van der Waals surface area contributed by atoms with E-state index in [1.54, 1.807) is 12.3 Å². The number of hydrogen-bond donors (Lipinski definition) is 1. The number of carbonyl (C=O) groups is 1. The Hall–Kier alpha value is -3.14. The number of nitrogens with zero attached hydrogens (tertiary/aromatic N) is 5. The van der Waals surface area contributed by atoms with Gasteiger partial charge in [0, 0.05) is 62.5 Å². The Morgan fingerprint density at radius 2 is 1.82 bits per heavy atom. The van der Waals surface area contributed by atoms with Crippen molar-refractivity contribution >= 4 is 23.3 Å². The van der Waals surface area contributed by atoms with Crippen molar-refractivity contribution in [1.82, 2.24) is 19.8 Å². The summed E-state index contributed by atoms with van der Waals surface area (Å²) in [5, 5.41) is 8.93. The number of aliphatic hydroxyl groups excluding tert-OH is 1. The fraction of sp³-hybridized carbons (Fsp3) is 0.393. The van der Waals surface area contributed by atoms with Crippen LogP contribution in [0.3, 0.4) is 0 Å². The van der Waals surface area contributed by atoms with Crippen LogP contribution in [0.25, 0.3) is 11.3 Å². The normalized spacial score (nSPS) is 16.3. The zero-order valence-electron chi connectivity index (χ0n) is 21.0. The van der Waals surface area contributed by atoms with E-state index in [0.717, 1.165) is 55.7 Å². The number of rotatable bonds is 6. The van der Waals surface area contributed by atoms with Gasteiger partial charge in [0.05, 0.1) is 29.2 Å². The van der Waals surface area contributed by atoms with Gasteiger partial charge >= 0.3 is 0 Å². The van der Waals surface area contributed by atoms with Gasteiger partial charge in [0.2, 0.25) is 0 Å². The van der Waals surface area contributed by atoms with E-state index in [4.69, 9.17) is 21.7 Å². The van der Waals surface area contributed by atoms with E-state index in [1.165, 1.54) is 0 Å². The first-order valence-electron chi connectivity index (χ1n) is 12.9. The molecular weight excluding hydrogens is 512 g/mol. The van der Waals surface area contributed by atoms with Crippen molar-refractivity contribution in [3.8, 4) is 11.3 Å². The average molecular weight is 542 g/mol. The minimum absolute atomic E-state index is 0.0453. The Morgan fingerprint density at radius 1 is 1.03 bits per heavy atom. The van der Waals surface area contributed by atoms with Crippen LogP contribution in [0.5, 0.6) is 0 Å². The first-order valence-corrected chi connectivity index (χ1v) is 13.3. The Morgan fingerprint density at radius 3 is 2.61 bits per heavy atom. The fourth-order valence-electron chi connectivity index (χ4n) is 5.04. The molecule has 1 amide bonds. The van der Waals surface area contributed by atoms with Crippen LogP contribution in [-0.4, -0.2) is 76.7 Å². The van der Waals surface area contributed by atoms with Crippen LogP contribution in [0, 0.1) is 11.6 Å². The van der Waals surface area contributed by atoms with E-state index in [-0.39, 0.29) is 29.6 Å². The van der Waals surface area contributed by atoms with Crippen molar-refractivity contribution in [3.05, 3.63) is 76.1 Å². The summed E-state index contributed by atoms with van der Waals surface area (Å²) in [6.07, 6.45) is 4.21. The summed E-state index contributed by atoms with van der Waals surface area (Å²) in [5.74, 6) is -0.642. The number of halogens is 3. The molecule has 0 aliphatic carbocycles. The summed E-state index contributed by atoms with van der Waals surface area (Å²) in [4.78, 5) is 28.6. The lowest BCUT2D eigenvalue weighted by atomic mass is 10.1. The maximum Gasteiger partial charge on any atom is 0.253 e. The number of carbonyl (C=O) groups excluding carboxylic acids is 1. The van der Waals surface area contributed by atoms with Crippen molar-refractivity contribution in [2.24, 2.45) is 0 Å². The van der Waals surface area contributed by atoms with Gasteiger partial charge < -0.3 is 14.9 Å². The number of hydrogen-bond acceptors (Lipinski definition) is 6. The molecule has 200 valence electrons. The van der Waals surface area contributed by atoms with Crippen LogP contribution in [0.4, 0.5) is 14.6 Å². The summed E-state index contributed by atoms with van der Waals surface area (Å²) >= 11 is 6.12. The summed E-state index contributed by atoms with van der Waals surface area (Å²) in [7, 11) is 0. The van der Waals surface area contributed by atoms with Gasteiger partial charge in [-0.25, -0.2) is 13.8 Å². The number of piperazine rings is 1. The highest BCUT2D eigenvalue weighted by atomic mass is 35.5. The van der Waals surface area contributed by atoms with E-state index in [9.17, 15) is 13.6 Å². The van der Waals surface area contributed by atoms with Crippen molar-refractivity contribution in [1.29, 1.82) is 0 Å². The first kappa shape index (κ1) is 26.5. The number of aliphatic hydroxyl groups is 1. The predicted octanol–water partition coefficient (Wildman–Crippen LogP) is 4.17. The number of β-amino-alcohol motifs (C(OH)–C–C–N with tert-alkyl or cyclic N) is 1. The summed E-state index contributed by atoms with van der Waals surface area (Å²) in [5.41, 5.74) is 2.82. The second-order valence-electron chi connectivity index (χ2n) is 9.66. The molecule has 3 aromatic rings. The maximum absolute atomic E-state index is 14.6. The van der Waals surface area contributed by atoms with Gasteiger partial charge in [0.25, 0.3) is 5.91 Å². The molecule has 2 aromatic carbocycles. The number of aryl methyl sites for hydroxylation is 1. The minimum Gasteiger partial charge on any atom is -0.395 e. The van der Waals surface area contributed by atoms with Gasteiger partial charge in [0.15, 0.2) is 5.82 Å². The largest absolute Gasteiger partial charge is 0.395 e. The van der Waals surface area contributed by atoms with Gasteiger partial charge in [-0.3, -0.25) is 14.7 Å². The molecule has 5 rings (SSSR count). The highest BCUT2D eigenvalue weighted by Crippen LogP contribution is 2.31. The third kappa shape index (κ3) is 5.65. The van der Waals surface area contributed by atoms with E-state index < -0.39 is 11.6 Å². The Bertz CT molecular complexity index is 1320. The zero-order valence-corrected chi connectivity index (χ0v) is 21.8. The van der Waals surface area contributed by atoms with Crippen LogP contribution in [-0.2, 0) is 13.0 Å². The van der Waals surface area contributed by atoms with Crippen molar-refractivity contribution in [2.75, 3.05) is 50.8 Å². The third-order valence-corrected chi connectivity index (χ3v) is 7.60. The quantitative estimate of drug-likeness (QED) is 0.472. The third-order valence-electron chi connectivity index (χ3n) is 7.19. The zero-order chi connectivity index (χ0) is 26.6. The van der Waals surface area contributed by atoms with Gasteiger partial charge in [-0.1, -0.05) is 23.7 Å². The molecule has 7 nitrogen and oxygen atoms in total. The molecule has 2 aliphatic heterocycles.